The van der Waals surface area contributed by atoms with Gasteiger partial charge in [-0.25, -0.2) is 4.99 Å². The lowest BCUT2D eigenvalue weighted by Gasteiger charge is -2.10. The van der Waals surface area contributed by atoms with Crippen molar-refractivity contribution in [3.63, 3.8) is 0 Å². The third-order valence-electron chi connectivity index (χ3n) is 2.59. The Labute approximate surface area is 111 Å². The van der Waals surface area contributed by atoms with Gasteiger partial charge in [-0.1, -0.05) is 5.16 Å². The second-order valence-corrected chi connectivity index (χ2v) is 3.99. The van der Waals surface area contributed by atoms with Crippen LogP contribution in [-0.2, 0) is 20.1 Å². The number of aliphatic imine (C=N–C) groups is 1. The molecule has 0 bridgehead atoms. The molecular formula is C12H18N6O. The smallest absolute Gasteiger partial charge is 0.191 e. The van der Waals surface area contributed by atoms with Crippen molar-refractivity contribution in [2.24, 2.45) is 12.0 Å². The van der Waals surface area contributed by atoms with E-state index in [0.717, 1.165) is 23.9 Å². The number of nitrogens with one attached hydrogen (secondary N) is 2. The summed E-state index contributed by atoms with van der Waals surface area (Å²) in [7, 11) is 1.91. The van der Waals surface area contributed by atoms with Gasteiger partial charge in [-0.2, -0.15) is 5.10 Å². The first-order chi connectivity index (χ1) is 9.29. The van der Waals surface area contributed by atoms with Gasteiger partial charge in [-0.3, -0.25) is 4.68 Å². The van der Waals surface area contributed by atoms with Gasteiger partial charge < -0.3 is 15.2 Å². The molecule has 19 heavy (non-hydrogen) atoms. The van der Waals surface area contributed by atoms with Crippen molar-refractivity contribution < 1.29 is 4.52 Å². The number of rotatable bonds is 5. The van der Waals surface area contributed by atoms with E-state index in [1.807, 2.05) is 24.7 Å². The Bertz CT molecular complexity index is 516. The maximum Gasteiger partial charge on any atom is 0.191 e. The molecule has 7 heteroatoms. The Morgan fingerprint density at radius 2 is 2.32 bits per heavy atom. The van der Waals surface area contributed by atoms with E-state index in [4.69, 9.17) is 4.52 Å². The largest absolute Gasteiger partial charge is 0.364 e. The zero-order valence-electron chi connectivity index (χ0n) is 11.1. The van der Waals surface area contributed by atoms with Crippen molar-refractivity contribution in [3.8, 4) is 0 Å². The number of hydrogen-bond acceptors (Lipinski definition) is 4. The summed E-state index contributed by atoms with van der Waals surface area (Å²) in [5.74, 6) is 0.742. The quantitative estimate of drug-likeness (QED) is 0.611. The molecule has 0 aliphatic carbocycles. The summed E-state index contributed by atoms with van der Waals surface area (Å²) in [6.07, 6.45) is 3.32. The van der Waals surface area contributed by atoms with Crippen molar-refractivity contribution >= 4 is 5.96 Å². The highest BCUT2D eigenvalue weighted by Gasteiger charge is 2.02. The van der Waals surface area contributed by atoms with Gasteiger partial charge in [-0.15, -0.1) is 0 Å². The number of aryl methyl sites for hydroxylation is 1. The van der Waals surface area contributed by atoms with E-state index in [-0.39, 0.29) is 0 Å². The lowest BCUT2D eigenvalue weighted by atomic mass is 10.4. The molecule has 0 amide bonds. The van der Waals surface area contributed by atoms with E-state index < -0.39 is 0 Å². The van der Waals surface area contributed by atoms with E-state index >= 15 is 0 Å². The minimum Gasteiger partial charge on any atom is -0.364 e. The average molecular weight is 262 g/mol. The van der Waals surface area contributed by atoms with Crippen LogP contribution in [0.2, 0.25) is 0 Å². The highest BCUT2D eigenvalue weighted by atomic mass is 16.5. The molecule has 0 saturated carbocycles. The lowest BCUT2D eigenvalue weighted by Crippen LogP contribution is -2.37. The predicted octanol–water partition coefficient (Wildman–Crippen LogP) is 0.663. The first-order valence-electron chi connectivity index (χ1n) is 6.18. The number of guanidine groups is 1. The first kappa shape index (κ1) is 13.1. The van der Waals surface area contributed by atoms with Crippen LogP contribution < -0.4 is 10.6 Å². The Kier molecular flexibility index (Phi) is 4.54. The summed E-state index contributed by atoms with van der Waals surface area (Å²) >= 11 is 0. The van der Waals surface area contributed by atoms with Crippen LogP contribution in [0.15, 0.2) is 34.1 Å². The fraction of sp³-hybridized carbons (Fsp3) is 0.417. The molecule has 0 atom stereocenters. The van der Waals surface area contributed by atoms with Crippen molar-refractivity contribution in [3.05, 3.63) is 36.0 Å². The fourth-order valence-electron chi connectivity index (χ4n) is 1.57. The molecule has 0 fully saturated rings. The monoisotopic (exact) mass is 262 g/mol. The Balaban J connectivity index is 1.92. The second-order valence-electron chi connectivity index (χ2n) is 3.99. The zero-order valence-corrected chi connectivity index (χ0v) is 11.1. The summed E-state index contributed by atoms with van der Waals surface area (Å²) in [4.78, 5) is 4.43. The minimum absolute atomic E-state index is 0.483. The highest BCUT2D eigenvalue weighted by molar-refractivity contribution is 5.79. The molecule has 0 saturated heterocycles. The van der Waals surface area contributed by atoms with Gasteiger partial charge in [0.15, 0.2) is 5.96 Å². The van der Waals surface area contributed by atoms with Crippen molar-refractivity contribution in [1.29, 1.82) is 0 Å². The van der Waals surface area contributed by atoms with E-state index in [1.165, 1.54) is 0 Å². The van der Waals surface area contributed by atoms with Crippen LogP contribution in [0.1, 0.15) is 18.3 Å². The van der Waals surface area contributed by atoms with Crippen LogP contribution in [0.25, 0.3) is 0 Å². The van der Waals surface area contributed by atoms with Crippen LogP contribution in [-0.4, -0.2) is 27.4 Å². The van der Waals surface area contributed by atoms with Gasteiger partial charge in [0, 0.05) is 25.9 Å². The molecular weight excluding hydrogens is 244 g/mol. The molecule has 0 spiro atoms. The summed E-state index contributed by atoms with van der Waals surface area (Å²) in [5.41, 5.74) is 1.89. The third kappa shape index (κ3) is 3.84. The minimum atomic E-state index is 0.483. The van der Waals surface area contributed by atoms with Crippen LogP contribution >= 0.6 is 0 Å². The molecule has 2 rings (SSSR count). The zero-order chi connectivity index (χ0) is 13.5. The summed E-state index contributed by atoms with van der Waals surface area (Å²) < 4.78 is 6.60. The van der Waals surface area contributed by atoms with E-state index in [0.29, 0.717) is 13.1 Å². The molecule has 0 aromatic carbocycles. The normalized spacial score (nSPS) is 11.6. The van der Waals surface area contributed by atoms with Gasteiger partial charge in [0.2, 0.25) is 0 Å². The van der Waals surface area contributed by atoms with Gasteiger partial charge >= 0.3 is 0 Å². The van der Waals surface area contributed by atoms with E-state index in [2.05, 4.69) is 25.9 Å². The number of aromatic nitrogens is 3. The molecule has 7 nitrogen and oxygen atoms in total. The maximum absolute atomic E-state index is 4.77. The van der Waals surface area contributed by atoms with Gasteiger partial charge in [-0.05, 0) is 13.0 Å². The van der Waals surface area contributed by atoms with Crippen LogP contribution in [0, 0.1) is 0 Å². The van der Waals surface area contributed by atoms with E-state index in [1.54, 1.807) is 18.5 Å². The molecule has 0 unspecified atom stereocenters. The van der Waals surface area contributed by atoms with Crippen molar-refractivity contribution in [2.75, 3.05) is 6.54 Å². The molecule has 0 aliphatic rings. The van der Waals surface area contributed by atoms with Gasteiger partial charge in [0.25, 0.3) is 0 Å². The molecule has 0 aliphatic heterocycles. The average Bonchev–Trinajstić information content (AvgIpc) is 3.04. The summed E-state index contributed by atoms with van der Waals surface area (Å²) in [5, 5.41) is 14.4. The number of nitrogens with zero attached hydrogens (tertiary/aromatic N) is 4. The lowest BCUT2D eigenvalue weighted by molar-refractivity contribution is 0.412. The second kappa shape index (κ2) is 6.58. The molecule has 2 aromatic heterocycles. The van der Waals surface area contributed by atoms with E-state index in [9.17, 15) is 0 Å². The maximum atomic E-state index is 4.77. The fourth-order valence-corrected chi connectivity index (χ4v) is 1.57. The molecule has 2 heterocycles. The van der Waals surface area contributed by atoms with Crippen LogP contribution in [0.5, 0.6) is 0 Å². The number of hydrogen-bond donors (Lipinski definition) is 2. The van der Waals surface area contributed by atoms with Crippen LogP contribution in [0.3, 0.4) is 0 Å². The predicted molar refractivity (Wildman–Crippen MR) is 71.4 cm³/mol. The first-order valence-corrected chi connectivity index (χ1v) is 6.18. The topological polar surface area (TPSA) is 80.3 Å². The standard InChI is InChI=1S/C12H18N6O/c1-3-13-12(14-8-10-5-7-19-17-10)15-9-11-4-6-16-18(11)2/h4-7H,3,8-9H2,1-2H3,(H2,13,14,15). The molecule has 2 N–H and O–H groups in total. The van der Waals surface area contributed by atoms with Crippen LogP contribution in [0.4, 0.5) is 0 Å². The Hall–Kier alpha value is -2.31. The molecule has 102 valence electrons. The van der Waals surface area contributed by atoms with Gasteiger partial charge in [0.1, 0.15) is 12.0 Å². The van der Waals surface area contributed by atoms with Gasteiger partial charge in [0.05, 0.1) is 18.8 Å². The molecule has 2 aromatic rings. The van der Waals surface area contributed by atoms with Crippen molar-refractivity contribution in [1.82, 2.24) is 25.6 Å². The summed E-state index contributed by atoms with van der Waals surface area (Å²) in [6, 6.07) is 3.77. The van der Waals surface area contributed by atoms with Crippen molar-refractivity contribution in [2.45, 2.75) is 20.0 Å². The summed E-state index contributed by atoms with van der Waals surface area (Å²) in [6.45, 7) is 3.98. The molecule has 0 radical (unpaired) electrons. The Morgan fingerprint density at radius 3 is 2.95 bits per heavy atom. The SMILES string of the molecule is CCNC(=NCc1ccon1)NCc1ccnn1C. The highest BCUT2D eigenvalue weighted by Crippen LogP contribution is 1.97. The third-order valence-corrected chi connectivity index (χ3v) is 2.59. The Morgan fingerprint density at radius 1 is 1.42 bits per heavy atom.